The molecule has 2 fully saturated rings. The molecule has 1 aromatic heterocycles. The lowest BCUT2D eigenvalue weighted by molar-refractivity contribution is -0.229. The van der Waals surface area contributed by atoms with Crippen LogP contribution < -0.4 is 0 Å². The Labute approximate surface area is 104 Å². The number of fused-ring (bicyclic) bond motifs is 1. The highest BCUT2D eigenvalue weighted by atomic mass is 16.8. The SMILES string of the molecule is CO[C@@H]1O[C@H](c2nnn(C)n2)[C@H]2OC(C)(C)O[C@@H]12. The second kappa shape index (κ2) is 3.95. The van der Waals surface area contributed by atoms with Crippen LogP contribution >= 0.6 is 0 Å². The Morgan fingerprint density at radius 1 is 1.28 bits per heavy atom. The largest absolute Gasteiger partial charge is 0.353 e. The summed E-state index contributed by atoms with van der Waals surface area (Å²) in [4.78, 5) is 1.38. The molecule has 100 valence electrons. The summed E-state index contributed by atoms with van der Waals surface area (Å²) in [6, 6.07) is 0. The molecule has 0 N–H and O–H groups in total. The highest BCUT2D eigenvalue weighted by Crippen LogP contribution is 2.44. The average Bonchev–Trinajstić information content (AvgIpc) is 2.91. The third-order valence-electron chi connectivity index (χ3n) is 3.02. The van der Waals surface area contributed by atoms with Crippen LogP contribution in [0.15, 0.2) is 0 Å². The van der Waals surface area contributed by atoms with E-state index < -0.39 is 18.2 Å². The molecule has 0 amide bonds. The fourth-order valence-electron chi connectivity index (χ4n) is 2.37. The van der Waals surface area contributed by atoms with E-state index in [1.54, 1.807) is 14.2 Å². The summed E-state index contributed by atoms with van der Waals surface area (Å²) in [5, 5.41) is 11.9. The van der Waals surface area contributed by atoms with E-state index in [0.29, 0.717) is 5.82 Å². The van der Waals surface area contributed by atoms with Crippen LogP contribution in [0.5, 0.6) is 0 Å². The normalized spacial score (nSPS) is 38.0. The fourth-order valence-corrected chi connectivity index (χ4v) is 2.37. The quantitative estimate of drug-likeness (QED) is 0.723. The van der Waals surface area contributed by atoms with Gasteiger partial charge in [0.25, 0.3) is 0 Å². The molecule has 0 bridgehead atoms. The van der Waals surface area contributed by atoms with Crippen LogP contribution in [0, 0.1) is 0 Å². The summed E-state index contributed by atoms with van der Waals surface area (Å²) in [6.07, 6.45) is -1.46. The minimum Gasteiger partial charge on any atom is -0.353 e. The monoisotopic (exact) mass is 256 g/mol. The summed E-state index contributed by atoms with van der Waals surface area (Å²) in [5.41, 5.74) is 0. The van der Waals surface area contributed by atoms with Crippen LogP contribution in [0.3, 0.4) is 0 Å². The van der Waals surface area contributed by atoms with Crippen LogP contribution in [0.4, 0.5) is 0 Å². The molecule has 0 radical (unpaired) electrons. The summed E-state index contributed by atoms with van der Waals surface area (Å²) >= 11 is 0. The molecule has 2 aliphatic heterocycles. The van der Waals surface area contributed by atoms with Crippen molar-refractivity contribution in [1.29, 1.82) is 0 Å². The zero-order valence-corrected chi connectivity index (χ0v) is 10.7. The zero-order chi connectivity index (χ0) is 12.9. The molecule has 4 atom stereocenters. The molecular formula is C10H16N4O4. The number of nitrogens with zero attached hydrogens (tertiary/aromatic N) is 4. The molecule has 2 aliphatic rings. The van der Waals surface area contributed by atoms with Crippen LogP contribution in [-0.4, -0.2) is 51.6 Å². The van der Waals surface area contributed by atoms with Gasteiger partial charge in [0.2, 0.25) is 5.82 Å². The lowest BCUT2D eigenvalue weighted by Gasteiger charge is -2.22. The number of hydrogen-bond acceptors (Lipinski definition) is 7. The van der Waals surface area contributed by atoms with Crippen molar-refractivity contribution in [3.05, 3.63) is 5.82 Å². The Kier molecular flexibility index (Phi) is 2.63. The molecule has 8 heteroatoms. The van der Waals surface area contributed by atoms with Crippen molar-refractivity contribution < 1.29 is 18.9 Å². The molecule has 3 heterocycles. The van der Waals surface area contributed by atoms with Gasteiger partial charge in [-0.1, -0.05) is 0 Å². The van der Waals surface area contributed by atoms with Gasteiger partial charge in [-0.2, -0.15) is 4.80 Å². The second-order valence-electron chi connectivity index (χ2n) is 4.86. The Balaban J connectivity index is 1.88. The molecule has 0 aromatic carbocycles. The first kappa shape index (κ1) is 12.0. The summed E-state index contributed by atoms with van der Waals surface area (Å²) in [5.74, 6) is -0.176. The summed E-state index contributed by atoms with van der Waals surface area (Å²) in [7, 11) is 3.27. The molecule has 0 spiro atoms. The molecule has 8 nitrogen and oxygen atoms in total. The molecule has 1 aromatic rings. The van der Waals surface area contributed by atoms with E-state index >= 15 is 0 Å². The first-order valence-corrected chi connectivity index (χ1v) is 5.78. The van der Waals surface area contributed by atoms with Gasteiger partial charge < -0.3 is 18.9 Å². The van der Waals surface area contributed by atoms with Crippen molar-refractivity contribution >= 4 is 0 Å². The number of tetrazole rings is 1. The first-order chi connectivity index (χ1) is 8.50. The number of aryl methyl sites for hydroxylation is 1. The van der Waals surface area contributed by atoms with Gasteiger partial charge in [-0.05, 0) is 19.1 Å². The third-order valence-corrected chi connectivity index (χ3v) is 3.02. The van der Waals surface area contributed by atoms with E-state index in [2.05, 4.69) is 15.4 Å². The van der Waals surface area contributed by atoms with Gasteiger partial charge in [-0.15, -0.1) is 10.2 Å². The van der Waals surface area contributed by atoms with Crippen LogP contribution in [-0.2, 0) is 26.0 Å². The number of ether oxygens (including phenoxy) is 4. The molecule has 0 saturated carbocycles. The van der Waals surface area contributed by atoms with E-state index in [0.717, 1.165) is 0 Å². The van der Waals surface area contributed by atoms with Gasteiger partial charge >= 0.3 is 0 Å². The maximum atomic E-state index is 5.84. The Morgan fingerprint density at radius 3 is 2.61 bits per heavy atom. The molecule has 3 rings (SSSR count). The second-order valence-corrected chi connectivity index (χ2v) is 4.86. The lowest BCUT2D eigenvalue weighted by atomic mass is 10.1. The van der Waals surface area contributed by atoms with Crippen LogP contribution in [0.2, 0.25) is 0 Å². The van der Waals surface area contributed by atoms with Crippen molar-refractivity contribution in [2.24, 2.45) is 7.05 Å². The van der Waals surface area contributed by atoms with Crippen LogP contribution in [0.1, 0.15) is 25.8 Å². The van der Waals surface area contributed by atoms with Crippen molar-refractivity contribution in [1.82, 2.24) is 20.2 Å². The van der Waals surface area contributed by atoms with Gasteiger partial charge in [0.1, 0.15) is 12.2 Å². The molecule has 0 unspecified atom stereocenters. The predicted octanol–water partition coefficient (Wildman–Crippen LogP) is -0.226. The maximum absolute atomic E-state index is 5.84. The predicted molar refractivity (Wildman–Crippen MR) is 57.2 cm³/mol. The van der Waals surface area contributed by atoms with Crippen molar-refractivity contribution in [3.8, 4) is 0 Å². The van der Waals surface area contributed by atoms with E-state index in [9.17, 15) is 0 Å². The van der Waals surface area contributed by atoms with Gasteiger partial charge in [0.05, 0.1) is 7.05 Å². The Morgan fingerprint density at radius 2 is 2.00 bits per heavy atom. The van der Waals surface area contributed by atoms with Crippen LogP contribution in [0.25, 0.3) is 0 Å². The fraction of sp³-hybridized carbons (Fsp3) is 0.900. The maximum Gasteiger partial charge on any atom is 0.206 e. The summed E-state index contributed by atoms with van der Waals surface area (Å²) in [6.45, 7) is 3.72. The number of rotatable bonds is 2. The number of hydrogen-bond donors (Lipinski definition) is 0. The minimum atomic E-state index is -0.656. The lowest BCUT2D eigenvalue weighted by Crippen LogP contribution is -2.30. The molecular weight excluding hydrogens is 240 g/mol. The van der Waals surface area contributed by atoms with Gasteiger partial charge in [-0.25, -0.2) is 0 Å². The minimum absolute atomic E-state index is 0.279. The highest BCUT2D eigenvalue weighted by Gasteiger charge is 2.57. The van der Waals surface area contributed by atoms with Crippen molar-refractivity contribution in [2.45, 2.75) is 44.2 Å². The van der Waals surface area contributed by atoms with Crippen molar-refractivity contribution in [2.75, 3.05) is 7.11 Å². The highest BCUT2D eigenvalue weighted by molar-refractivity contribution is 5.02. The van der Waals surface area contributed by atoms with E-state index in [4.69, 9.17) is 18.9 Å². The molecule has 18 heavy (non-hydrogen) atoms. The third kappa shape index (κ3) is 1.81. The van der Waals surface area contributed by atoms with Gasteiger partial charge in [-0.3, -0.25) is 0 Å². The summed E-state index contributed by atoms with van der Waals surface area (Å²) < 4.78 is 22.6. The smallest absolute Gasteiger partial charge is 0.206 e. The standard InChI is InChI=1S/C10H16N4O4/c1-10(2)17-5-6(8-11-13-14(3)12-8)16-9(15-4)7(5)18-10/h5-7,9H,1-4H3/t5-,6+,7-,9-/m1/s1. The van der Waals surface area contributed by atoms with Gasteiger partial charge in [0, 0.05) is 7.11 Å². The Bertz CT molecular complexity index is 449. The van der Waals surface area contributed by atoms with Gasteiger partial charge in [0.15, 0.2) is 18.2 Å². The average molecular weight is 256 g/mol. The van der Waals surface area contributed by atoms with E-state index in [1.807, 2.05) is 13.8 Å². The number of methoxy groups -OCH3 is 1. The van der Waals surface area contributed by atoms with Crippen molar-refractivity contribution in [3.63, 3.8) is 0 Å². The molecule has 2 saturated heterocycles. The van der Waals surface area contributed by atoms with E-state index in [1.165, 1.54) is 4.80 Å². The zero-order valence-electron chi connectivity index (χ0n) is 10.7. The first-order valence-electron chi connectivity index (χ1n) is 5.78. The van der Waals surface area contributed by atoms with E-state index in [-0.39, 0.29) is 12.2 Å². The number of aromatic nitrogens is 4. The topological polar surface area (TPSA) is 80.5 Å². The Hall–Kier alpha value is -1.09. The molecule has 0 aliphatic carbocycles.